The van der Waals surface area contributed by atoms with Gasteiger partial charge in [0.25, 0.3) is 0 Å². The number of benzene rings is 1. The zero-order valence-electron chi connectivity index (χ0n) is 12.7. The second-order valence-electron chi connectivity index (χ2n) is 6.26. The Morgan fingerprint density at radius 1 is 1.36 bits per heavy atom. The number of rotatable bonds is 4. The molecule has 0 saturated carbocycles. The third kappa shape index (κ3) is 2.50. The van der Waals surface area contributed by atoms with Gasteiger partial charge in [-0.15, -0.1) is 11.8 Å². The number of amides is 2. The molecule has 118 valence electrons. The maximum atomic E-state index is 12.3. The molecule has 2 amide bonds. The van der Waals surface area contributed by atoms with Crippen molar-refractivity contribution in [2.75, 3.05) is 6.61 Å². The van der Waals surface area contributed by atoms with Crippen LogP contribution >= 0.6 is 11.8 Å². The average molecular weight is 320 g/mol. The van der Waals surface area contributed by atoms with Gasteiger partial charge in [0.2, 0.25) is 11.8 Å². The summed E-state index contributed by atoms with van der Waals surface area (Å²) in [5, 5.41) is 12.3. The van der Waals surface area contributed by atoms with Crippen molar-refractivity contribution in [2.24, 2.45) is 0 Å². The van der Waals surface area contributed by atoms with Crippen molar-refractivity contribution in [2.45, 2.75) is 42.5 Å². The third-order valence-corrected chi connectivity index (χ3v) is 5.96. The van der Waals surface area contributed by atoms with Crippen LogP contribution in [-0.4, -0.2) is 50.6 Å². The van der Waals surface area contributed by atoms with Crippen LogP contribution in [-0.2, 0) is 16.0 Å². The highest BCUT2D eigenvalue weighted by Gasteiger charge is 2.61. The number of fused-ring (bicyclic) bond motifs is 1. The summed E-state index contributed by atoms with van der Waals surface area (Å²) in [6, 6.07) is 8.81. The normalized spacial score (nSPS) is 29.0. The molecule has 3 rings (SSSR count). The smallest absolute Gasteiger partial charge is 0.249 e. The Kier molecular flexibility index (Phi) is 3.91. The highest BCUT2D eigenvalue weighted by atomic mass is 32.2. The molecule has 0 aromatic heterocycles. The van der Waals surface area contributed by atoms with E-state index in [4.69, 9.17) is 0 Å². The molecule has 1 aromatic carbocycles. The second-order valence-corrected chi connectivity index (χ2v) is 8.03. The van der Waals surface area contributed by atoms with Crippen molar-refractivity contribution in [1.29, 1.82) is 0 Å². The number of nitrogens with zero attached hydrogens (tertiary/aromatic N) is 1. The minimum Gasteiger partial charge on any atom is -0.394 e. The van der Waals surface area contributed by atoms with Crippen LogP contribution in [0.15, 0.2) is 30.3 Å². The number of carbonyl (C=O) groups is 2. The molecule has 6 heteroatoms. The summed E-state index contributed by atoms with van der Waals surface area (Å²) in [4.78, 5) is 26.1. The lowest BCUT2D eigenvalue weighted by molar-refractivity contribution is -0.152. The van der Waals surface area contributed by atoms with E-state index >= 15 is 0 Å². The zero-order chi connectivity index (χ0) is 15.9. The van der Waals surface area contributed by atoms with E-state index in [1.165, 1.54) is 0 Å². The molecule has 2 N–H and O–H groups in total. The van der Waals surface area contributed by atoms with Gasteiger partial charge in [-0.3, -0.25) is 9.59 Å². The van der Waals surface area contributed by atoms with Gasteiger partial charge >= 0.3 is 0 Å². The van der Waals surface area contributed by atoms with Crippen molar-refractivity contribution >= 4 is 23.6 Å². The van der Waals surface area contributed by atoms with Crippen LogP contribution in [0.25, 0.3) is 0 Å². The number of aliphatic hydroxyl groups excluding tert-OH is 1. The number of nitrogens with one attached hydrogen (secondary N) is 1. The van der Waals surface area contributed by atoms with Gasteiger partial charge in [-0.05, 0) is 19.4 Å². The molecule has 0 aliphatic carbocycles. The molecule has 2 aliphatic heterocycles. The van der Waals surface area contributed by atoms with Gasteiger partial charge < -0.3 is 15.3 Å². The summed E-state index contributed by atoms with van der Waals surface area (Å²) in [6.45, 7) is 3.99. The summed E-state index contributed by atoms with van der Waals surface area (Å²) in [5.41, 5.74) is 0.927. The highest BCUT2D eigenvalue weighted by Crippen LogP contribution is 2.50. The van der Waals surface area contributed by atoms with E-state index in [0.29, 0.717) is 0 Å². The molecule has 3 atom stereocenters. The molecule has 2 saturated heterocycles. The maximum Gasteiger partial charge on any atom is 0.249 e. The third-order valence-electron chi connectivity index (χ3n) is 4.34. The Balaban J connectivity index is 1.63. The Bertz CT molecular complexity index is 590. The van der Waals surface area contributed by atoms with Crippen LogP contribution in [0.4, 0.5) is 0 Å². The van der Waals surface area contributed by atoms with E-state index in [0.717, 1.165) is 5.56 Å². The van der Waals surface area contributed by atoms with Gasteiger partial charge in [-0.1, -0.05) is 30.3 Å². The van der Waals surface area contributed by atoms with Crippen LogP contribution in [0, 0.1) is 0 Å². The first-order chi connectivity index (χ1) is 10.4. The highest BCUT2D eigenvalue weighted by molar-refractivity contribution is 8.01. The van der Waals surface area contributed by atoms with Crippen molar-refractivity contribution in [3.05, 3.63) is 35.9 Å². The van der Waals surface area contributed by atoms with Crippen LogP contribution < -0.4 is 5.32 Å². The summed E-state index contributed by atoms with van der Waals surface area (Å²) < 4.78 is -0.200. The molecule has 0 radical (unpaired) electrons. The largest absolute Gasteiger partial charge is 0.394 e. The molecule has 22 heavy (non-hydrogen) atoms. The average Bonchev–Trinajstić information content (AvgIpc) is 2.73. The fraction of sp³-hybridized carbons (Fsp3) is 0.500. The number of hydrogen-bond acceptors (Lipinski definition) is 4. The molecule has 0 bridgehead atoms. The van der Waals surface area contributed by atoms with Crippen LogP contribution in [0.5, 0.6) is 0 Å². The van der Waals surface area contributed by atoms with Crippen molar-refractivity contribution < 1.29 is 14.7 Å². The number of aliphatic hydroxyl groups is 1. The number of carbonyl (C=O) groups excluding carboxylic acids is 2. The summed E-state index contributed by atoms with van der Waals surface area (Å²) >= 11 is 1.64. The molecule has 2 fully saturated rings. The van der Waals surface area contributed by atoms with Gasteiger partial charge in [0.1, 0.15) is 11.4 Å². The first-order valence-electron chi connectivity index (χ1n) is 7.38. The Labute approximate surface area is 134 Å². The summed E-state index contributed by atoms with van der Waals surface area (Å²) in [5.74, 6) is -0.237. The lowest BCUT2D eigenvalue weighted by Gasteiger charge is -2.44. The standard InChI is InChI=1S/C16H20N2O3S/c1-16(2)11(9-19)18-14(21)13(15(18)22-16)17-12(20)8-10-6-4-3-5-7-10/h3-7,11,13,15,19H,8-9H2,1-2H3,(H,17,20). The molecule has 3 unspecified atom stereocenters. The van der Waals surface area contributed by atoms with E-state index in [2.05, 4.69) is 5.32 Å². The van der Waals surface area contributed by atoms with Gasteiger partial charge in [0.05, 0.1) is 19.1 Å². The van der Waals surface area contributed by atoms with Gasteiger partial charge in [-0.2, -0.15) is 0 Å². The topological polar surface area (TPSA) is 69.6 Å². The monoisotopic (exact) mass is 320 g/mol. The van der Waals surface area contributed by atoms with E-state index in [1.54, 1.807) is 16.7 Å². The van der Waals surface area contributed by atoms with E-state index < -0.39 is 6.04 Å². The predicted molar refractivity (Wildman–Crippen MR) is 85.3 cm³/mol. The number of thioether (sulfide) groups is 1. The minimum absolute atomic E-state index is 0.0487. The van der Waals surface area contributed by atoms with E-state index in [1.807, 2.05) is 44.2 Å². The number of hydrogen-bond donors (Lipinski definition) is 2. The lowest BCUT2D eigenvalue weighted by Crippen LogP contribution is -2.70. The first-order valence-corrected chi connectivity index (χ1v) is 8.26. The maximum absolute atomic E-state index is 12.3. The minimum atomic E-state index is -0.475. The van der Waals surface area contributed by atoms with Gasteiger partial charge in [0, 0.05) is 4.75 Å². The summed E-state index contributed by atoms with van der Waals surface area (Å²) in [6.07, 6.45) is 0.273. The number of β-lactam (4-membered cyclic amide) rings is 1. The summed E-state index contributed by atoms with van der Waals surface area (Å²) in [7, 11) is 0. The Morgan fingerprint density at radius 3 is 2.68 bits per heavy atom. The van der Waals surface area contributed by atoms with Gasteiger partial charge in [-0.25, -0.2) is 0 Å². The lowest BCUT2D eigenvalue weighted by atomic mass is 9.96. The predicted octanol–water partition coefficient (Wildman–Crippen LogP) is 0.768. The fourth-order valence-corrected chi connectivity index (χ4v) is 4.77. The molecule has 2 heterocycles. The molecular formula is C16H20N2O3S. The van der Waals surface area contributed by atoms with Crippen molar-refractivity contribution in [1.82, 2.24) is 10.2 Å². The zero-order valence-corrected chi connectivity index (χ0v) is 13.5. The first kappa shape index (κ1) is 15.4. The quantitative estimate of drug-likeness (QED) is 0.804. The fourth-order valence-electron chi connectivity index (χ4n) is 3.11. The molecule has 0 spiro atoms. The Morgan fingerprint density at radius 2 is 2.05 bits per heavy atom. The molecular weight excluding hydrogens is 300 g/mol. The van der Waals surface area contributed by atoms with Gasteiger partial charge in [0.15, 0.2) is 0 Å². The Hall–Kier alpha value is -1.53. The SMILES string of the molecule is CC1(C)SC2C(NC(=O)Cc3ccccc3)C(=O)N2C1CO. The van der Waals surface area contributed by atoms with Crippen molar-refractivity contribution in [3.8, 4) is 0 Å². The molecule has 2 aliphatic rings. The van der Waals surface area contributed by atoms with E-state index in [-0.39, 0.29) is 41.0 Å². The van der Waals surface area contributed by atoms with Crippen LogP contribution in [0.3, 0.4) is 0 Å². The molecule has 1 aromatic rings. The van der Waals surface area contributed by atoms with Crippen LogP contribution in [0.1, 0.15) is 19.4 Å². The molecule has 5 nitrogen and oxygen atoms in total. The second kappa shape index (κ2) is 5.59. The van der Waals surface area contributed by atoms with Crippen molar-refractivity contribution in [3.63, 3.8) is 0 Å². The van der Waals surface area contributed by atoms with Crippen LogP contribution in [0.2, 0.25) is 0 Å². The van der Waals surface area contributed by atoms with E-state index in [9.17, 15) is 14.7 Å².